The Bertz CT molecular complexity index is 1470. The van der Waals surface area contributed by atoms with E-state index in [4.69, 9.17) is 10.7 Å². The second kappa shape index (κ2) is 8.92. The predicted molar refractivity (Wildman–Crippen MR) is 138 cm³/mol. The summed E-state index contributed by atoms with van der Waals surface area (Å²) in [6, 6.07) is 13.5. The normalized spacial score (nSPS) is 16.2. The minimum atomic E-state index is -0.522. The molecule has 0 bridgehead atoms. The number of fused-ring (bicyclic) bond motifs is 1. The number of hydrogen-bond donors (Lipinski definition) is 1. The third kappa shape index (κ3) is 4.12. The quantitative estimate of drug-likeness (QED) is 0.438. The van der Waals surface area contributed by atoms with Crippen LogP contribution in [0.4, 0.5) is 4.39 Å². The smallest absolute Gasteiger partial charge is 0.141 e. The second-order valence-electron chi connectivity index (χ2n) is 9.80. The van der Waals surface area contributed by atoms with Crippen LogP contribution in [-0.4, -0.2) is 33.6 Å². The van der Waals surface area contributed by atoms with Gasteiger partial charge in [0.2, 0.25) is 0 Å². The van der Waals surface area contributed by atoms with Gasteiger partial charge >= 0.3 is 0 Å². The van der Waals surface area contributed by atoms with Crippen LogP contribution in [0.5, 0.6) is 0 Å². The maximum absolute atomic E-state index is 14.8. The van der Waals surface area contributed by atoms with Gasteiger partial charge in [-0.2, -0.15) is 5.26 Å². The number of likely N-dealkylation sites (tertiary alicyclic amines) is 1. The Morgan fingerprint density at radius 3 is 2.49 bits per heavy atom. The zero-order valence-corrected chi connectivity index (χ0v) is 20.7. The first-order valence-corrected chi connectivity index (χ1v) is 12.0. The third-order valence-corrected chi connectivity index (χ3v) is 7.47. The number of benzene rings is 2. The summed E-state index contributed by atoms with van der Waals surface area (Å²) in [5, 5.41) is 10.3. The molecule has 2 N–H and O–H groups in total. The molecule has 0 radical (unpaired) electrons. The van der Waals surface area contributed by atoms with E-state index in [-0.39, 0.29) is 11.6 Å². The van der Waals surface area contributed by atoms with E-state index in [1.54, 1.807) is 6.07 Å². The van der Waals surface area contributed by atoms with Crippen LogP contribution < -0.4 is 5.73 Å². The molecule has 0 spiro atoms. The molecular weight excluding hydrogens is 437 g/mol. The number of hydrogen-bond acceptors (Lipinski definition) is 4. The van der Waals surface area contributed by atoms with Gasteiger partial charge in [0.05, 0.1) is 23.0 Å². The summed E-state index contributed by atoms with van der Waals surface area (Å²) in [7, 11) is 2.05. The number of nitriles is 1. The highest BCUT2D eigenvalue weighted by Crippen LogP contribution is 2.39. The van der Waals surface area contributed by atoms with E-state index < -0.39 is 5.82 Å². The Balaban J connectivity index is 1.74. The van der Waals surface area contributed by atoms with E-state index in [9.17, 15) is 9.65 Å². The molecule has 35 heavy (non-hydrogen) atoms. The molecule has 1 aliphatic heterocycles. The van der Waals surface area contributed by atoms with Crippen LogP contribution in [-0.2, 0) is 13.6 Å². The molecule has 1 fully saturated rings. The van der Waals surface area contributed by atoms with E-state index in [0.717, 1.165) is 53.8 Å². The molecule has 4 aromatic rings. The molecule has 0 unspecified atom stereocenters. The van der Waals surface area contributed by atoms with Crippen molar-refractivity contribution in [3.63, 3.8) is 0 Å². The van der Waals surface area contributed by atoms with Crippen molar-refractivity contribution in [3.8, 4) is 28.5 Å². The average Bonchev–Trinajstić information content (AvgIpc) is 3.39. The lowest BCUT2D eigenvalue weighted by molar-refractivity contribution is 0.319. The van der Waals surface area contributed by atoms with Crippen LogP contribution in [0.1, 0.15) is 34.4 Å². The van der Waals surface area contributed by atoms with Crippen LogP contribution in [0.25, 0.3) is 33.3 Å². The van der Waals surface area contributed by atoms with Crippen molar-refractivity contribution < 1.29 is 4.39 Å². The zero-order chi connectivity index (χ0) is 24.9. The van der Waals surface area contributed by atoms with Crippen LogP contribution in [0, 0.1) is 37.9 Å². The number of nitrogens with zero attached hydrogens (tertiary/aromatic N) is 4. The van der Waals surface area contributed by atoms with Crippen LogP contribution in [0.15, 0.2) is 42.6 Å². The lowest BCUT2D eigenvalue weighted by Gasteiger charge is -2.15. The summed E-state index contributed by atoms with van der Waals surface area (Å²) in [5.41, 5.74) is 15.4. The molecule has 3 heterocycles. The average molecular weight is 468 g/mol. The molecule has 5 rings (SSSR count). The fourth-order valence-corrected chi connectivity index (χ4v) is 5.18. The molecule has 0 aliphatic carbocycles. The maximum atomic E-state index is 14.8. The first kappa shape index (κ1) is 23.2. The van der Waals surface area contributed by atoms with E-state index in [2.05, 4.69) is 55.5 Å². The Morgan fingerprint density at radius 1 is 1.11 bits per heavy atom. The minimum absolute atomic E-state index is 0.0385. The van der Waals surface area contributed by atoms with E-state index in [1.807, 2.05) is 18.3 Å². The molecule has 2 aromatic carbocycles. The minimum Gasteiger partial charge on any atom is -0.345 e. The topological polar surface area (TPSA) is 70.9 Å². The molecule has 6 heteroatoms. The van der Waals surface area contributed by atoms with Crippen molar-refractivity contribution in [1.82, 2.24) is 14.5 Å². The van der Waals surface area contributed by atoms with Crippen molar-refractivity contribution in [2.75, 3.05) is 13.1 Å². The molecule has 1 saturated heterocycles. The lowest BCUT2D eigenvalue weighted by atomic mass is 9.92. The lowest BCUT2D eigenvalue weighted by Crippen LogP contribution is -2.26. The molecular formula is C29H30FN5. The van der Waals surface area contributed by atoms with Crippen molar-refractivity contribution in [2.24, 2.45) is 12.8 Å². The molecule has 0 amide bonds. The second-order valence-corrected chi connectivity index (χ2v) is 9.80. The number of halogens is 1. The van der Waals surface area contributed by atoms with Gasteiger partial charge in [-0.1, -0.05) is 6.07 Å². The van der Waals surface area contributed by atoms with Gasteiger partial charge in [0.1, 0.15) is 11.9 Å². The fourth-order valence-electron chi connectivity index (χ4n) is 5.18. The van der Waals surface area contributed by atoms with E-state index in [1.165, 1.54) is 28.5 Å². The Labute approximate surface area is 205 Å². The fraction of sp³-hybridized carbons (Fsp3) is 0.310. The summed E-state index contributed by atoms with van der Waals surface area (Å²) in [5.74, 6) is -0.522. The monoisotopic (exact) mass is 467 g/mol. The molecule has 1 aliphatic rings. The maximum Gasteiger partial charge on any atom is 0.141 e. The van der Waals surface area contributed by atoms with Crippen molar-refractivity contribution in [3.05, 3.63) is 76.4 Å². The van der Waals surface area contributed by atoms with Crippen LogP contribution >= 0.6 is 0 Å². The zero-order valence-electron chi connectivity index (χ0n) is 20.7. The number of aromatic nitrogens is 2. The number of aryl methyl sites for hydroxylation is 3. The molecule has 1 atom stereocenters. The van der Waals surface area contributed by atoms with Gasteiger partial charge < -0.3 is 10.3 Å². The highest BCUT2D eigenvalue weighted by molar-refractivity contribution is 6.02. The van der Waals surface area contributed by atoms with E-state index >= 15 is 0 Å². The molecule has 178 valence electrons. The van der Waals surface area contributed by atoms with Gasteiger partial charge in [-0.15, -0.1) is 0 Å². The number of pyridine rings is 1. The van der Waals surface area contributed by atoms with Gasteiger partial charge in [-0.25, -0.2) is 4.39 Å². The highest BCUT2D eigenvalue weighted by Gasteiger charge is 2.23. The van der Waals surface area contributed by atoms with Crippen LogP contribution in [0.3, 0.4) is 0 Å². The van der Waals surface area contributed by atoms with Gasteiger partial charge in [0.25, 0.3) is 0 Å². The van der Waals surface area contributed by atoms with E-state index in [0.29, 0.717) is 5.56 Å². The standard InChI is InChI=1S/C29H30FN5/c1-17-9-22(10-18(2)19(17)3)29-28(20-5-6-21(13-31)26(30)11-20)25-12-24(34(4)27(25)14-33-29)16-35-8-7-23(32)15-35/h5-6,9-12,14,23H,7-8,15-16,32H2,1-4H3/t23-/m0/s1. The van der Waals surface area contributed by atoms with Gasteiger partial charge in [0, 0.05) is 54.9 Å². The van der Waals surface area contributed by atoms with Crippen LogP contribution in [0.2, 0.25) is 0 Å². The Hall–Kier alpha value is -3.53. The van der Waals surface area contributed by atoms with Gasteiger partial charge in [-0.3, -0.25) is 9.88 Å². The molecule has 5 nitrogen and oxygen atoms in total. The largest absolute Gasteiger partial charge is 0.345 e. The summed E-state index contributed by atoms with van der Waals surface area (Å²) < 4.78 is 16.9. The predicted octanol–water partition coefficient (Wildman–Crippen LogP) is 5.38. The summed E-state index contributed by atoms with van der Waals surface area (Å²) in [6.07, 6.45) is 2.93. The summed E-state index contributed by atoms with van der Waals surface area (Å²) in [6.45, 7) is 9.01. The van der Waals surface area contributed by atoms with Crippen molar-refractivity contribution >= 4 is 10.9 Å². The third-order valence-electron chi connectivity index (χ3n) is 7.47. The van der Waals surface area contributed by atoms with Gasteiger partial charge in [0.15, 0.2) is 0 Å². The number of nitrogens with two attached hydrogens (primary N) is 1. The Kier molecular flexibility index (Phi) is 5.92. The highest BCUT2D eigenvalue weighted by atomic mass is 19.1. The first-order valence-electron chi connectivity index (χ1n) is 12.0. The Morgan fingerprint density at radius 2 is 1.86 bits per heavy atom. The molecule has 0 saturated carbocycles. The van der Waals surface area contributed by atoms with Gasteiger partial charge in [-0.05, 0) is 79.8 Å². The van der Waals surface area contributed by atoms with Crippen molar-refractivity contribution in [1.29, 1.82) is 5.26 Å². The summed E-state index contributed by atoms with van der Waals surface area (Å²) >= 11 is 0. The first-order chi connectivity index (χ1) is 16.8. The number of rotatable bonds is 4. The summed E-state index contributed by atoms with van der Waals surface area (Å²) in [4.78, 5) is 7.29. The SMILES string of the molecule is Cc1cc(-c2ncc3c(cc(CN4CC[C@H](N)C4)n3C)c2-c2ccc(C#N)c(F)c2)cc(C)c1C. The molecule has 2 aromatic heterocycles. The van der Waals surface area contributed by atoms with Crippen molar-refractivity contribution in [2.45, 2.75) is 39.8 Å².